The van der Waals surface area contributed by atoms with Crippen molar-refractivity contribution in [3.05, 3.63) is 52.6 Å². The molecule has 0 aliphatic carbocycles. The summed E-state index contributed by atoms with van der Waals surface area (Å²) in [4.78, 5) is 15.9. The van der Waals surface area contributed by atoms with E-state index in [-0.39, 0.29) is 10.6 Å². The minimum atomic E-state index is -3.71. The fourth-order valence-electron chi connectivity index (χ4n) is 3.28. The number of hydrogen-bond acceptors (Lipinski definition) is 6. The molecule has 0 amide bonds. The first-order chi connectivity index (χ1) is 13.4. The zero-order valence-electron chi connectivity index (χ0n) is 15.1. The van der Waals surface area contributed by atoms with Gasteiger partial charge in [-0.25, -0.2) is 13.4 Å². The van der Waals surface area contributed by atoms with E-state index in [9.17, 15) is 18.5 Å². The van der Waals surface area contributed by atoms with Crippen LogP contribution in [0.4, 0.5) is 5.69 Å². The first-order valence-corrected chi connectivity index (χ1v) is 11.0. The van der Waals surface area contributed by atoms with Crippen LogP contribution in [0.2, 0.25) is 0 Å². The molecule has 0 bridgehead atoms. The van der Waals surface area contributed by atoms with Gasteiger partial charge in [0.25, 0.3) is 5.69 Å². The molecular formula is C18H18N4O4S2. The van der Waals surface area contributed by atoms with Gasteiger partial charge in [0.2, 0.25) is 10.0 Å². The van der Waals surface area contributed by atoms with Gasteiger partial charge in [-0.2, -0.15) is 4.31 Å². The second kappa shape index (κ2) is 7.19. The average molecular weight is 419 g/mol. The lowest BCUT2D eigenvalue weighted by Crippen LogP contribution is -2.27. The Kier molecular flexibility index (Phi) is 4.86. The van der Waals surface area contributed by atoms with Crippen molar-refractivity contribution in [2.24, 2.45) is 7.05 Å². The lowest BCUT2D eigenvalue weighted by Gasteiger charge is -2.15. The number of benzene rings is 2. The van der Waals surface area contributed by atoms with E-state index < -0.39 is 14.9 Å². The molecule has 1 aliphatic heterocycles. The summed E-state index contributed by atoms with van der Waals surface area (Å²) in [5.74, 6) is 0. The molecule has 146 valence electrons. The normalized spacial score (nSPS) is 15.3. The third-order valence-corrected chi connectivity index (χ3v) is 7.78. The Balaban J connectivity index is 1.73. The second-order valence-electron chi connectivity index (χ2n) is 6.54. The smallest absolute Gasteiger partial charge is 0.284 e. The summed E-state index contributed by atoms with van der Waals surface area (Å²) in [6, 6.07) is 11.7. The summed E-state index contributed by atoms with van der Waals surface area (Å²) < 4.78 is 28.7. The quantitative estimate of drug-likeness (QED) is 0.465. The van der Waals surface area contributed by atoms with E-state index in [0.29, 0.717) is 23.1 Å². The Morgan fingerprint density at radius 2 is 1.86 bits per heavy atom. The van der Waals surface area contributed by atoms with E-state index in [1.54, 1.807) is 0 Å². The molecule has 0 atom stereocenters. The maximum atomic E-state index is 12.7. The third kappa shape index (κ3) is 3.27. The maximum absolute atomic E-state index is 12.7. The van der Waals surface area contributed by atoms with E-state index in [1.165, 1.54) is 16.4 Å². The summed E-state index contributed by atoms with van der Waals surface area (Å²) >= 11 is 1.15. The van der Waals surface area contributed by atoms with Crippen molar-refractivity contribution in [3.8, 4) is 0 Å². The van der Waals surface area contributed by atoms with Crippen LogP contribution < -0.4 is 0 Å². The van der Waals surface area contributed by atoms with Gasteiger partial charge in [0, 0.05) is 26.2 Å². The Bertz CT molecular complexity index is 1170. The van der Waals surface area contributed by atoms with Crippen molar-refractivity contribution in [1.29, 1.82) is 0 Å². The molecule has 28 heavy (non-hydrogen) atoms. The Labute approximate surface area is 166 Å². The zero-order valence-corrected chi connectivity index (χ0v) is 16.7. The second-order valence-corrected chi connectivity index (χ2v) is 9.49. The monoisotopic (exact) mass is 418 g/mol. The molecule has 1 saturated heterocycles. The Morgan fingerprint density at radius 1 is 1.14 bits per heavy atom. The Morgan fingerprint density at radius 3 is 2.54 bits per heavy atom. The number of nitrogens with zero attached hydrogens (tertiary/aromatic N) is 4. The number of aromatic nitrogens is 2. The van der Waals surface area contributed by atoms with Gasteiger partial charge in [0.15, 0.2) is 5.16 Å². The summed E-state index contributed by atoms with van der Waals surface area (Å²) in [5, 5.41) is 12.2. The molecule has 3 aromatic rings. The van der Waals surface area contributed by atoms with Gasteiger partial charge in [-0.3, -0.25) is 10.1 Å². The number of para-hydroxylation sites is 2. The largest absolute Gasteiger partial charge is 0.322 e. The van der Waals surface area contributed by atoms with Crippen molar-refractivity contribution in [2.75, 3.05) is 13.1 Å². The zero-order chi connectivity index (χ0) is 19.9. The number of hydrogen-bond donors (Lipinski definition) is 0. The van der Waals surface area contributed by atoms with E-state index >= 15 is 0 Å². The lowest BCUT2D eigenvalue weighted by molar-refractivity contribution is -0.388. The molecule has 4 rings (SSSR count). The summed E-state index contributed by atoms with van der Waals surface area (Å²) in [5.41, 5.74) is 1.47. The predicted molar refractivity (Wildman–Crippen MR) is 106 cm³/mol. The van der Waals surface area contributed by atoms with Crippen LogP contribution in [0.15, 0.2) is 57.4 Å². The SMILES string of the molecule is Cn1c(Sc2ccc(S(=O)(=O)N3CCCC3)cc2[N+](=O)[O-])nc2ccccc21. The number of imidazole rings is 1. The third-order valence-electron chi connectivity index (χ3n) is 4.78. The van der Waals surface area contributed by atoms with Gasteiger partial charge in [0.05, 0.1) is 25.7 Å². The van der Waals surface area contributed by atoms with Crippen LogP contribution in [0.1, 0.15) is 12.8 Å². The topological polar surface area (TPSA) is 98.3 Å². The van der Waals surface area contributed by atoms with Gasteiger partial charge in [-0.05, 0) is 48.9 Å². The van der Waals surface area contributed by atoms with Crippen molar-refractivity contribution < 1.29 is 13.3 Å². The van der Waals surface area contributed by atoms with Crippen molar-refractivity contribution >= 4 is 38.5 Å². The highest BCUT2D eigenvalue weighted by Crippen LogP contribution is 2.37. The molecule has 0 radical (unpaired) electrons. The molecule has 0 N–H and O–H groups in total. The standard InChI is InChI=1S/C18H18N4O4S2/c1-20-15-7-3-2-6-14(15)19-18(20)27-17-9-8-13(12-16(17)22(23)24)28(25,26)21-10-4-5-11-21/h2-3,6-9,12H,4-5,10-11H2,1H3. The number of aryl methyl sites for hydroxylation is 1. The highest BCUT2D eigenvalue weighted by Gasteiger charge is 2.30. The van der Waals surface area contributed by atoms with Gasteiger partial charge < -0.3 is 4.57 Å². The molecule has 0 spiro atoms. The number of nitro benzene ring substituents is 1. The van der Waals surface area contributed by atoms with Crippen LogP contribution in [0.3, 0.4) is 0 Å². The summed E-state index contributed by atoms with van der Waals surface area (Å²) in [6.45, 7) is 0.902. The van der Waals surface area contributed by atoms with Crippen LogP contribution >= 0.6 is 11.8 Å². The molecule has 1 aromatic heterocycles. The maximum Gasteiger partial charge on any atom is 0.284 e. The lowest BCUT2D eigenvalue weighted by atomic mass is 10.3. The molecule has 2 heterocycles. The number of rotatable bonds is 5. The molecule has 1 aliphatic rings. The predicted octanol–water partition coefficient (Wildman–Crippen LogP) is 3.42. The van der Waals surface area contributed by atoms with E-state index in [2.05, 4.69) is 4.98 Å². The van der Waals surface area contributed by atoms with E-state index in [1.807, 2.05) is 35.9 Å². The molecule has 10 heteroatoms. The molecule has 8 nitrogen and oxygen atoms in total. The highest BCUT2D eigenvalue weighted by molar-refractivity contribution is 7.99. The van der Waals surface area contributed by atoms with Gasteiger partial charge in [-0.15, -0.1) is 0 Å². The molecule has 0 saturated carbocycles. The van der Waals surface area contributed by atoms with Crippen LogP contribution in [-0.2, 0) is 17.1 Å². The fourth-order valence-corrected chi connectivity index (χ4v) is 5.76. The van der Waals surface area contributed by atoms with Crippen molar-refractivity contribution in [2.45, 2.75) is 27.8 Å². The van der Waals surface area contributed by atoms with Crippen LogP contribution in [0.25, 0.3) is 11.0 Å². The van der Waals surface area contributed by atoms with Gasteiger partial charge in [0.1, 0.15) is 0 Å². The number of nitro groups is 1. The van der Waals surface area contributed by atoms with Gasteiger partial charge in [-0.1, -0.05) is 12.1 Å². The van der Waals surface area contributed by atoms with Gasteiger partial charge >= 0.3 is 0 Å². The molecule has 0 unspecified atom stereocenters. The minimum Gasteiger partial charge on any atom is -0.322 e. The van der Waals surface area contributed by atoms with Crippen LogP contribution in [-0.4, -0.2) is 40.3 Å². The van der Waals surface area contributed by atoms with Crippen LogP contribution in [0.5, 0.6) is 0 Å². The van der Waals surface area contributed by atoms with E-state index in [4.69, 9.17) is 0 Å². The first kappa shape index (κ1) is 18.9. The summed E-state index contributed by atoms with van der Waals surface area (Å²) in [6.07, 6.45) is 1.62. The van der Waals surface area contributed by atoms with Crippen molar-refractivity contribution in [1.82, 2.24) is 13.9 Å². The average Bonchev–Trinajstić information content (AvgIpc) is 3.32. The first-order valence-electron chi connectivity index (χ1n) is 8.76. The highest BCUT2D eigenvalue weighted by atomic mass is 32.2. The molecule has 1 fully saturated rings. The number of sulfonamides is 1. The molecular weight excluding hydrogens is 400 g/mol. The minimum absolute atomic E-state index is 0.0459. The van der Waals surface area contributed by atoms with Crippen LogP contribution in [0, 0.1) is 10.1 Å². The Hall–Kier alpha value is -2.43. The number of fused-ring (bicyclic) bond motifs is 1. The molecule has 2 aromatic carbocycles. The summed E-state index contributed by atoms with van der Waals surface area (Å²) in [7, 11) is -1.87. The van der Waals surface area contributed by atoms with Crippen molar-refractivity contribution in [3.63, 3.8) is 0 Å². The fraction of sp³-hybridized carbons (Fsp3) is 0.278. The van der Waals surface area contributed by atoms with E-state index in [0.717, 1.165) is 41.7 Å².